The van der Waals surface area contributed by atoms with Gasteiger partial charge >= 0.3 is 0 Å². The van der Waals surface area contributed by atoms with Crippen LogP contribution in [0.3, 0.4) is 0 Å². The van der Waals surface area contributed by atoms with Crippen molar-refractivity contribution in [2.24, 2.45) is 0 Å². The Morgan fingerprint density at radius 1 is 1.36 bits per heavy atom. The van der Waals surface area contributed by atoms with Crippen molar-refractivity contribution in [2.45, 2.75) is 20.0 Å². The number of halogens is 2. The Kier molecular flexibility index (Phi) is 3.36. The van der Waals surface area contributed by atoms with E-state index >= 15 is 0 Å². The number of benzene rings is 1. The summed E-state index contributed by atoms with van der Waals surface area (Å²) in [4.78, 5) is 0. The third-order valence-corrected chi connectivity index (χ3v) is 1.77. The highest BCUT2D eigenvalue weighted by molar-refractivity contribution is 5.24. The summed E-state index contributed by atoms with van der Waals surface area (Å²) >= 11 is 0. The minimum atomic E-state index is -1.01. The van der Waals surface area contributed by atoms with E-state index in [4.69, 9.17) is 0 Å². The van der Waals surface area contributed by atoms with Crippen LogP contribution >= 0.6 is 0 Å². The van der Waals surface area contributed by atoms with Crippen molar-refractivity contribution in [1.82, 2.24) is 0 Å². The van der Waals surface area contributed by atoms with E-state index in [2.05, 4.69) is 0 Å². The van der Waals surface area contributed by atoms with Gasteiger partial charge in [0.1, 0.15) is 17.7 Å². The van der Waals surface area contributed by atoms with Crippen LogP contribution in [0.5, 0.6) is 0 Å². The number of aliphatic hydroxyl groups is 1. The predicted molar refractivity (Wildman–Crippen MR) is 50.7 cm³/mol. The summed E-state index contributed by atoms with van der Waals surface area (Å²) in [5.41, 5.74) is 0.967. The first-order chi connectivity index (χ1) is 6.50. The highest BCUT2D eigenvalue weighted by Crippen LogP contribution is 2.19. The quantitative estimate of drug-likeness (QED) is 0.724. The third kappa shape index (κ3) is 2.64. The molecule has 0 aliphatic rings. The van der Waals surface area contributed by atoms with Crippen LogP contribution in [0.4, 0.5) is 8.78 Å². The summed E-state index contributed by atoms with van der Waals surface area (Å²) in [7, 11) is 0. The lowest BCUT2D eigenvalue weighted by Gasteiger charge is -2.07. The molecule has 0 bridgehead atoms. The van der Waals surface area contributed by atoms with Crippen LogP contribution in [-0.2, 0) is 0 Å². The summed E-state index contributed by atoms with van der Waals surface area (Å²) in [5, 5.41) is 9.52. The van der Waals surface area contributed by atoms with Crippen molar-refractivity contribution in [3.05, 3.63) is 47.0 Å². The van der Waals surface area contributed by atoms with E-state index in [9.17, 15) is 13.9 Å². The zero-order valence-electron chi connectivity index (χ0n) is 8.09. The summed E-state index contributed by atoms with van der Waals surface area (Å²) < 4.78 is 25.7. The molecule has 76 valence electrons. The van der Waals surface area contributed by atoms with Crippen LogP contribution in [0.1, 0.15) is 25.5 Å². The molecular formula is C11H12F2O. The monoisotopic (exact) mass is 198 g/mol. The van der Waals surface area contributed by atoms with Crippen molar-refractivity contribution in [2.75, 3.05) is 0 Å². The van der Waals surface area contributed by atoms with E-state index in [0.717, 1.165) is 17.7 Å². The number of allylic oxidation sites excluding steroid dienone is 1. The molecular weight excluding hydrogens is 186 g/mol. The number of aliphatic hydroxyl groups excluding tert-OH is 1. The van der Waals surface area contributed by atoms with Crippen molar-refractivity contribution in [3.8, 4) is 0 Å². The molecule has 3 heteroatoms. The van der Waals surface area contributed by atoms with Crippen molar-refractivity contribution >= 4 is 0 Å². The molecule has 1 atom stereocenters. The number of rotatable bonds is 2. The van der Waals surface area contributed by atoms with E-state index in [1.165, 1.54) is 12.1 Å². The maximum atomic E-state index is 13.1. The zero-order valence-corrected chi connectivity index (χ0v) is 8.09. The normalized spacial score (nSPS) is 12.4. The van der Waals surface area contributed by atoms with E-state index in [1.54, 1.807) is 13.8 Å². The van der Waals surface area contributed by atoms with E-state index in [-0.39, 0.29) is 5.56 Å². The lowest BCUT2D eigenvalue weighted by molar-refractivity contribution is 0.222. The maximum absolute atomic E-state index is 13.1. The van der Waals surface area contributed by atoms with Gasteiger partial charge in [-0.1, -0.05) is 17.7 Å². The SMILES string of the molecule is CC(C)=CC(O)c1ccc(F)cc1F. The molecule has 1 rings (SSSR count). The van der Waals surface area contributed by atoms with Gasteiger partial charge < -0.3 is 5.11 Å². The van der Waals surface area contributed by atoms with Crippen LogP contribution in [0.25, 0.3) is 0 Å². The molecule has 0 aliphatic heterocycles. The van der Waals surface area contributed by atoms with Crippen LogP contribution in [0.15, 0.2) is 29.8 Å². The van der Waals surface area contributed by atoms with Crippen LogP contribution < -0.4 is 0 Å². The molecule has 1 aromatic rings. The Hall–Kier alpha value is -1.22. The van der Waals surface area contributed by atoms with E-state index in [0.29, 0.717) is 0 Å². The second-order valence-corrected chi connectivity index (χ2v) is 3.35. The van der Waals surface area contributed by atoms with Gasteiger partial charge in [-0.2, -0.15) is 0 Å². The Balaban J connectivity index is 3.02. The first-order valence-corrected chi connectivity index (χ1v) is 4.28. The van der Waals surface area contributed by atoms with Crippen LogP contribution in [-0.4, -0.2) is 5.11 Å². The van der Waals surface area contributed by atoms with Gasteiger partial charge in [0.2, 0.25) is 0 Å². The average molecular weight is 198 g/mol. The van der Waals surface area contributed by atoms with E-state index < -0.39 is 17.7 Å². The molecule has 0 heterocycles. The minimum absolute atomic E-state index is 0.0904. The van der Waals surface area contributed by atoms with E-state index in [1.807, 2.05) is 0 Å². The molecule has 1 nitrogen and oxygen atoms in total. The fraction of sp³-hybridized carbons (Fsp3) is 0.273. The molecule has 1 unspecified atom stereocenters. The van der Waals surface area contributed by atoms with Crippen molar-refractivity contribution < 1.29 is 13.9 Å². The van der Waals surface area contributed by atoms with Gasteiger partial charge in [-0.25, -0.2) is 8.78 Å². The van der Waals surface area contributed by atoms with Gasteiger partial charge in [-0.15, -0.1) is 0 Å². The lowest BCUT2D eigenvalue weighted by atomic mass is 10.1. The van der Waals surface area contributed by atoms with Gasteiger partial charge in [0, 0.05) is 11.6 Å². The molecule has 1 aromatic carbocycles. The average Bonchev–Trinajstić information content (AvgIpc) is 2.01. The second-order valence-electron chi connectivity index (χ2n) is 3.35. The fourth-order valence-electron chi connectivity index (χ4n) is 1.15. The minimum Gasteiger partial charge on any atom is -0.384 e. The van der Waals surface area contributed by atoms with Gasteiger partial charge in [0.05, 0.1) is 0 Å². The first-order valence-electron chi connectivity index (χ1n) is 4.28. The molecule has 0 fully saturated rings. The Labute approximate surface area is 81.7 Å². The highest BCUT2D eigenvalue weighted by Gasteiger charge is 2.10. The smallest absolute Gasteiger partial charge is 0.132 e. The highest BCUT2D eigenvalue weighted by atomic mass is 19.1. The molecule has 0 spiro atoms. The van der Waals surface area contributed by atoms with Crippen LogP contribution in [0, 0.1) is 11.6 Å². The summed E-state index contributed by atoms with van der Waals surface area (Å²) in [6, 6.07) is 3.13. The second kappa shape index (κ2) is 4.33. The zero-order chi connectivity index (χ0) is 10.7. The van der Waals surface area contributed by atoms with Crippen LogP contribution in [0.2, 0.25) is 0 Å². The number of hydrogen-bond donors (Lipinski definition) is 1. The van der Waals surface area contributed by atoms with Gasteiger partial charge in [0.15, 0.2) is 0 Å². The lowest BCUT2D eigenvalue weighted by Crippen LogP contribution is -1.98. The molecule has 1 N–H and O–H groups in total. The molecule has 0 amide bonds. The van der Waals surface area contributed by atoms with Gasteiger partial charge in [-0.05, 0) is 19.9 Å². The van der Waals surface area contributed by atoms with Gasteiger partial charge in [0.25, 0.3) is 0 Å². The van der Waals surface area contributed by atoms with Crippen molar-refractivity contribution in [1.29, 1.82) is 0 Å². The summed E-state index contributed by atoms with van der Waals surface area (Å²) in [6.07, 6.45) is 0.497. The molecule has 0 aliphatic carbocycles. The molecule has 0 saturated heterocycles. The van der Waals surface area contributed by atoms with Crippen molar-refractivity contribution in [3.63, 3.8) is 0 Å². The molecule has 14 heavy (non-hydrogen) atoms. The number of hydrogen-bond acceptors (Lipinski definition) is 1. The maximum Gasteiger partial charge on any atom is 0.132 e. The first kappa shape index (κ1) is 10.9. The molecule has 0 aromatic heterocycles. The third-order valence-electron chi connectivity index (χ3n) is 1.77. The standard InChI is InChI=1S/C11H12F2O/c1-7(2)5-11(14)9-4-3-8(12)6-10(9)13/h3-6,11,14H,1-2H3. The Bertz CT molecular complexity index is 354. The molecule has 0 radical (unpaired) electrons. The predicted octanol–water partition coefficient (Wildman–Crippen LogP) is 2.96. The van der Waals surface area contributed by atoms with Gasteiger partial charge in [-0.3, -0.25) is 0 Å². The largest absolute Gasteiger partial charge is 0.384 e. The summed E-state index contributed by atoms with van der Waals surface area (Å²) in [6.45, 7) is 3.59. The summed E-state index contributed by atoms with van der Waals surface area (Å²) in [5.74, 6) is -1.37. The Morgan fingerprint density at radius 3 is 2.50 bits per heavy atom. The molecule has 0 saturated carbocycles. The topological polar surface area (TPSA) is 20.2 Å². The fourth-order valence-corrected chi connectivity index (χ4v) is 1.15. The Morgan fingerprint density at radius 2 is 2.00 bits per heavy atom.